The van der Waals surface area contributed by atoms with Crippen LogP contribution in [0.3, 0.4) is 0 Å². The second kappa shape index (κ2) is 4.68. The Morgan fingerprint density at radius 1 is 1.30 bits per heavy atom. The van der Waals surface area contributed by atoms with Crippen molar-refractivity contribution >= 4 is 28.5 Å². The van der Waals surface area contributed by atoms with E-state index in [1.54, 1.807) is 30.0 Å². The van der Waals surface area contributed by atoms with Gasteiger partial charge in [-0.1, -0.05) is 23.7 Å². The highest BCUT2D eigenvalue weighted by Crippen LogP contribution is 2.22. The lowest BCUT2D eigenvalue weighted by atomic mass is 10.1. The third kappa shape index (κ3) is 2.06. The minimum atomic E-state index is 0.0140. The zero-order valence-electron chi connectivity index (χ0n) is 11.0. The van der Waals surface area contributed by atoms with Crippen LogP contribution in [0.1, 0.15) is 23.1 Å². The monoisotopic (exact) mass is 286 g/mol. The van der Waals surface area contributed by atoms with Crippen molar-refractivity contribution in [2.24, 2.45) is 0 Å². The van der Waals surface area contributed by atoms with E-state index in [1.165, 1.54) is 6.92 Å². The molecule has 100 valence electrons. The summed E-state index contributed by atoms with van der Waals surface area (Å²) in [5, 5.41) is 0.328. The van der Waals surface area contributed by atoms with E-state index in [9.17, 15) is 4.79 Å². The largest absolute Gasteiger partial charge is 0.295 e. The third-order valence-corrected chi connectivity index (χ3v) is 3.26. The highest BCUT2D eigenvalue weighted by Gasteiger charge is 2.12. The molecule has 1 aromatic carbocycles. The average molecular weight is 287 g/mol. The van der Waals surface area contributed by atoms with E-state index in [2.05, 4.69) is 15.0 Å². The Balaban J connectivity index is 2.25. The van der Waals surface area contributed by atoms with Crippen molar-refractivity contribution in [1.82, 2.24) is 19.5 Å². The molecule has 3 aromatic rings. The molecule has 0 aliphatic rings. The fourth-order valence-electron chi connectivity index (χ4n) is 2.03. The number of benzene rings is 1. The molecule has 0 fully saturated rings. The van der Waals surface area contributed by atoms with Crippen LogP contribution in [0.15, 0.2) is 30.6 Å². The van der Waals surface area contributed by atoms with Gasteiger partial charge in [0, 0.05) is 11.3 Å². The normalized spacial score (nSPS) is 10.9. The topological polar surface area (TPSA) is 60.7 Å². The maximum Gasteiger partial charge on any atom is 0.169 e. The van der Waals surface area contributed by atoms with Crippen LogP contribution in [-0.4, -0.2) is 25.3 Å². The first-order chi connectivity index (χ1) is 9.56. The van der Waals surface area contributed by atoms with Crippen molar-refractivity contribution < 1.29 is 4.79 Å². The number of fused-ring (bicyclic) bond motifs is 1. The number of ketones is 1. The number of imidazole rings is 1. The van der Waals surface area contributed by atoms with Crippen LogP contribution in [-0.2, 0) is 0 Å². The van der Waals surface area contributed by atoms with Gasteiger partial charge in [0.25, 0.3) is 0 Å². The minimum Gasteiger partial charge on any atom is -0.295 e. The van der Waals surface area contributed by atoms with Crippen LogP contribution in [0, 0.1) is 6.92 Å². The summed E-state index contributed by atoms with van der Waals surface area (Å²) in [7, 11) is 0. The van der Waals surface area contributed by atoms with Crippen LogP contribution in [0.4, 0.5) is 0 Å². The summed E-state index contributed by atoms with van der Waals surface area (Å²) < 4.78 is 1.79. The lowest BCUT2D eigenvalue weighted by Crippen LogP contribution is -1.99. The zero-order valence-corrected chi connectivity index (χ0v) is 11.7. The summed E-state index contributed by atoms with van der Waals surface area (Å²) in [6, 6.07) is 7.29. The molecule has 0 atom stereocenters. The molecule has 20 heavy (non-hydrogen) atoms. The van der Waals surface area contributed by atoms with E-state index in [0.717, 1.165) is 5.69 Å². The number of Topliss-reactive ketones (excluding diaryl/α,β-unsaturated/α-hetero) is 1. The van der Waals surface area contributed by atoms with Gasteiger partial charge in [-0.3, -0.25) is 9.36 Å². The molecule has 2 heterocycles. The van der Waals surface area contributed by atoms with Gasteiger partial charge in [-0.25, -0.2) is 15.0 Å². The number of nitrogens with zero attached hydrogens (tertiary/aromatic N) is 4. The van der Waals surface area contributed by atoms with E-state index < -0.39 is 0 Å². The van der Waals surface area contributed by atoms with Gasteiger partial charge in [-0.05, 0) is 26.0 Å². The number of aryl methyl sites for hydroxylation is 1. The Bertz CT molecular complexity index is 825. The standard InChI is InChI=1S/C14H11ClN4O/c1-8(20)10-4-3-5-11(6-10)19-7-16-12-13(15)17-9(2)18-14(12)19/h3-7H,1-2H3. The van der Waals surface area contributed by atoms with Crippen molar-refractivity contribution in [2.75, 3.05) is 0 Å². The Kier molecular flexibility index (Phi) is 2.99. The lowest BCUT2D eigenvalue weighted by Gasteiger charge is -2.05. The van der Waals surface area contributed by atoms with Gasteiger partial charge in [0.1, 0.15) is 17.7 Å². The molecule has 5 nitrogen and oxygen atoms in total. The van der Waals surface area contributed by atoms with Crippen molar-refractivity contribution in [1.29, 1.82) is 0 Å². The molecule has 3 rings (SSSR count). The highest BCUT2D eigenvalue weighted by atomic mass is 35.5. The van der Waals surface area contributed by atoms with Crippen LogP contribution < -0.4 is 0 Å². The van der Waals surface area contributed by atoms with E-state index in [1.807, 2.05) is 12.1 Å². The van der Waals surface area contributed by atoms with Gasteiger partial charge in [-0.2, -0.15) is 0 Å². The SMILES string of the molecule is CC(=O)c1cccc(-n2cnc3c(Cl)nc(C)nc32)c1. The first kappa shape index (κ1) is 12.7. The van der Waals surface area contributed by atoms with Gasteiger partial charge < -0.3 is 0 Å². The summed E-state index contributed by atoms with van der Waals surface area (Å²) >= 11 is 6.06. The van der Waals surface area contributed by atoms with Crippen LogP contribution in [0.5, 0.6) is 0 Å². The fraction of sp³-hybridized carbons (Fsp3) is 0.143. The maximum atomic E-state index is 11.5. The number of carbonyl (C=O) groups is 1. The van der Waals surface area contributed by atoms with Crippen molar-refractivity contribution in [3.05, 3.63) is 47.1 Å². The van der Waals surface area contributed by atoms with Gasteiger partial charge in [-0.15, -0.1) is 0 Å². The number of hydrogen-bond acceptors (Lipinski definition) is 4. The summed E-state index contributed by atoms with van der Waals surface area (Å²) in [5.74, 6) is 0.590. The quantitative estimate of drug-likeness (QED) is 0.537. The molecule has 0 aliphatic heterocycles. The molecule has 0 N–H and O–H groups in total. The molecule has 0 amide bonds. The first-order valence-corrected chi connectivity index (χ1v) is 6.42. The Morgan fingerprint density at radius 2 is 2.10 bits per heavy atom. The fourth-order valence-corrected chi connectivity index (χ4v) is 2.29. The Labute approximate surface area is 120 Å². The second-order valence-corrected chi connectivity index (χ2v) is 4.81. The summed E-state index contributed by atoms with van der Waals surface area (Å²) in [4.78, 5) is 24.1. The average Bonchev–Trinajstić information content (AvgIpc) is 2.82. The Morgan fingerprint density at radius 3 is 2.85 bits per heavy atom. The maximum absolute atomic E-state index is 11.5. The van der Waals surface area contributed by atoms with Crippen molar-refractivity contribution in [2.45, 2.75) is 13.8 Å². The zero-order chi connectivity index (χ0) is 14.3. The number of aromatic nitrogens is 4. The first-order valence-electron chi connectivity index (χ1n) is 6.05. The molecular formula is C14H11ClN4O. The molecule has 0 unspecified atom stereocenters. The molecule has 0 radical (unpaired) electrons. The summed E-state index contributed by atoms with van der Waals surface area (Å²) in [5.41, 5.74) is 2.63. The van der Waals surface area contributed by atoms with Gasteiger partial charge >= 0.3 is 0 Å². The minimum absolute atomic E-state index is 0.0140. The highest BCUT2D eigenvalue weighted by molar-refractivity contribution is 6.33. The molecule has 0 bridgehead atoms. The van der Waals surface area contributed by atoms with Crippen molar-refractivity contribution in [3.8, 4) is 5.69 Å². The van der Waals surface area contributed by atoms with Gasteiger partial charge in [0.2, 0.25) is 0 Å². The second-order valence-electron chi connectivity index (χ2n) is 4.45. The van der Waals surface area contributed by atoms with E-state index in [4.69, 9.17) is 11.6 Å². The molecule has 6 heteroatoms. The van der Waals surface area contributed by atoms with Crippen molar-refractivity contribution in [3.63, 3.8) is 0 Å². The third-order valence-electron chi connectivity index (χ3n) is 3.00. The number of hydrogen-bond donors (Lipinski definition) is 0. The lowest BCUT2D eigenvalue weighted by molar-refractivity contribution is 0.101. The summed E-state index contributed by atoms with van der Waals surface area (Å²) in [6.45, 7) is 3.31. The predicted octanol–water partition coefficient (Wildman–Crippen LogP) is 2.98. The number of halogens is 1. The smallest absolute Gasteiger partial charge is 0.169 e. The van der Waals surface area contributed by atoms with Gasteiger partial charge in [0.05, 0.1) is 0 Å². The van der Waals surface area contributed by atoms with E-state index >= 15 is 0 Å². The Hall–Kier alpha value is -2.27. The van der Waals surface area contributed by atoms with Crippen LogP contribution >= 0.6 is 11.6 Å². The number of carbonyl (C=O) groups excluding carboxylic acids is 1. The molecule has 0 spiro atoms. The van der Waals surface area contributed by atoms with E-state index in [-0.39, 0.29) is 5.78 Å². The van der Waals surface area contributed by atoms with Crippen LogP contribution in [0.25, 0.3) is 16.9 Å². The molecule has 0 saturated carbocycles. The van der Waals surface area contributed by atoms with E-state index in [0.29, 0.717) is 27.7 Å². The number of rotatable bonds is 2. The summed E-state index contributed by atoms with van der Waals surface area (Å²) in [6.07, 6.45) is 1.63. The van der Waals surface area contributed by atoms with Crippen LogP contribution in [0.2, 0.25) is 5.15 Å². The molecule has 2 aromatic heterocycles. The predicted molar refractivity (Wildman–Crippen MR) is 76.4 cm³/mol. The van der Waals surface area contributed by atoms with Gasteiger partial charge in [0.15, 0.2) is 16.6 Å². The molecule has 0 aliphatic carbocycles. The molecule has 0 saturated heterocycles. The molecular weight excluding hydrogens is 276 g/mol.